The summed E-state index contributed by atoms with van der Waals surface area (Å²) in [6, 6.07) is 3.08. The Balaban J connectivity index is 1.98. The maximum atomic E-state index is 14.5. The maximum absolute atomic E-state index is 14.5. The Bertz CT molecular complexity index is 410. The van der Waals surface area contributed by atoms with E-state index in [4.69, 9.17) is 4.74 Å². The van der Waals surface area contributed by atoms with Crippen molar-refractivity contribution in [3.05, 3.63) is 35.4 Å². The molecule has 1 aliphatic rings. The van der Waals surface area contributed by atoms with E-state index in [2.05, 4.69) is 5.32 Å². The van der Waals surface area contributed by atoms with Crippen LogP contribution in [0.4, 0.5) is 13.2 Å². The first-order valence-corrected chi connectivity index (χ1v) is 6.40. The third-order valence-electron chi connectivity index (χ3n) is 3.17. The Hall–Kier alpha value is -1.07. The molecule has 2 unspecified atom stereocenters. The van der Waals surface area contributed by atoms with E-state index in [1.807, 2.05) is 0 Å². The van der Waals surface area contributed by atoms with Crippen molar-refractivity contribution < 1.29 is 17.9 Å². The topological polar surface area (TPSA) is 21.3 Å². The molecule has 2 nitrogen and oxygen atoms in total. The molecule has 0 amide bonds. The molecule has 19 heavy (non-hydrogen) atoms. The van der Waals surface area contributed by atoms with Crippen LogP contribution in [-0.2, 0) is 11.2 Å². The molecule has 1 aromatic rings. The summed E-state index contributed by atoms with van der Waals surface area (Å²) in [7, 11) is 0. The summed E-state index contributed by atoms with van der Waals surface area (Å²) in [5, 5.41) is 3.17. The molecule has 1 heterocycles. The maximum Gasteiger partial charge on any atom is 0.126 e. The molecular weight excluding hydrogens is 255 g/mol. The minimum absolute atomic E-state index is 0.0140. The Morgan fingerprint density at radius 3 is 2.58 bits per heavy atom. The van der Waals surface area contributed by atoms with E-state index in [0.717, 1.165) is 6.07 Å². The van der Waals surface area contributed by atoms with Crippen molar-refractivity contribution in [2.24, 2.45) is 0 Å². The smallest absolute Gasteiger partial charge is 0.126 e. The van der Waals surface area contributed by atoms with Gasteiger partial charge in [-0.2, -0.15) is 0 Å². The van der Waals surface area contributed by atoms with Gasteiger partial charge in [0, 0.05) is 25.1 Å². The van der Waals surface area contributed by atoms with Gasteiger partial charge in [0.05, 0.1) is 13.2 Å². The molecule has 0 spiro atoms. The summed E-state index contributed by atoms with van der Waals surface area (Å²) < 4.78 is 45.9. The van der Waals surface area contributed by atoms with Crippen molar-refractivity contribution in [1.82, 2.24) is 5.32 Å². The van der Waals surface area contributed by atoms with Gasteiger partial charge in [0.1, 0.15) is 17.3 Å². The van der Waals surface area contributed by atoms with Crippen molar-refractivity contribution in [3.63, 3.8) is 0 Å². The lowest BCUT2D eigenvalue weighted by Crippen LogP contribution is -2.45. The number of alkyl halides is 1. The molecule has 2 atom stereocenters. The average Bonchev–Trinajstić information content (AvgIpc) is 2.27. The molecule has 0 aromatic heterocycles. The van der Waals surface area contributed by atoms with Crippen LogP contribution >= 0.6 is 0 Å². The highest BCUT2D eigenvalue weighted by Crippen LogP contribution is 2.25. The zero-order valence-electron chi connectivity index (χ0n) is 10.9. The van der Waals surface area contributed by atoms with Gasteiger partial charge in [0.15, 0.2) is 0 Å². The van der Waals surface area contributed by atoms with Crippen LogP contribution in [0.1, 0.15) is 18.9 Å². The van der Waals surface area contributed by atoms with E-state index < -0.39 is 17.3 Å². The summed E-state index contributed by atoms with van der Waals surface area (Å²) in [5.41, 5.74) is -1.20. The van der Waals surface area contributed by atoms with Crippen molar-refractivity contribution in [2.75, 3.05) is 19.8 Å². The first-order valence-electron chi connectivity index (χ1n) is 6.40. The first kappa shape index (κ1) is 14.3. The highest BCUT2D eigenvalue weighted by atomic mass is 19.1. The van der Waals surface area contributed by atoms with Crippen LogP contribution in [0, 0.1) is 11.6 Å². The second kappa shape index (κ2) is 5.92. The minimum Gasteiger partial charge on any atom is -0.379 e. The summed E-state index contributed by atoms with van der Waals surface area (Å²) in [6.07, 6.45) is 0.241. The number of ether oxygens (including phenoxy) is 1. The first-order chi connectivity index (χ1) is 8.94. The number of benzene rings is 1. The molecule has 1 fully saturated rings. The zero-order chi connectivity index (χ0) is 13.9. The Labute approximate surface area is 111 Å². The third-order valence-corrected chi connectivity index (χ3v) is 3.17. The largest absolute Gasteiger partial charge is 0.379 e. The van der Waals surface area contributed by atoms with Crippen molar-refractivity contribution in [3.8, 4) is 0 Å². The van der Waals surface area contributed by atoms with Crippen molar-refractivity contribution >= 4 is 0 Å². The lowest BCUT2D eigenvalue weighted by Gasteiger charge is -2.30. The molecule has 2 rings (SSSR count). The molecule has 0 aliphatic carbocycles. The highest BCUT2D eigenvalue weighted by Gasteiger charge is 2.29. The third kappa shape index (κ3) is 4.51. The fourth-order valence-corrected chi connectivity index (χ4v) is 2.48. The van der Waals surface area contributed by atoms with E-state index in [9.17, 15) is 13.2 Å². The van der Waals surface area contributed by atoms with E-state index in [0.29, 0.717) is 25.3 Å². The standard InChI is InChI=1S/C14H18F3NO/c1-14(17,8-13-9-19-3-2-18-13)7-10-4-11(15)6-12(16)5-10/h4-6,13,18H,2-3,7-9H2,1H3. The predicted molar refractivity (Wildman–Crippen MR) is 66.8 cm³/mol. The van der Waals surface area contributed by atoms with Crippen LogP contribution < -0.4 is 5.32 Å². The molecule has 1 aromatic carbocycles. The van der Waals surface area contributed by atoms with Crippen LogP contribution in [0.2, 0.25) is 0 Å². The second-order valence-corrected chi connectivity index (χ2v) is 5.30. The van der Waals surface area contributed by atoms with Crippen LogP contribution in [-0.4, -0.2) is 31.5 Å². The molecule has 0 radical (unpaired) electrons. The molecule has 106 valence electrons. The van der Waals surface area contributed by atoms with E-state index in [1.165, 1.54) is 19.1 Å². The molecule has 0 bridgehead atoms. The number of halogens is 3. The van der Waals surface area contributed by atoms with Gasteiger partial charge >= 0.3 is 0 Å². The Morgan fingerprint density at radius 2 is 2.00 bits per heavy atom. The van der Waals surface area contributed by atoms with Crippen molar-refractivity contribution in [1.29, 1.82) is 0 Å². The van der Waals surface area contributed by atoms with Gasteiger partial charge in [-0.05, 0) is 31.0 Å². The van der Waals surface area contributed by atoms with Crippen LogP contribution in [0.5, 0.6) is 0 Å². The Kier molecular flexibility index (Phi) is 4.47. The molecule has 1 aliphatic heterocycles. The predicted octanol–water partition coefficient (Wildman–Crippen LogP) is 2.61. The van der Waals surface area contributed by atoms with Gasteiger partial charge in [-0.1, -0.05) is 0 Å². The number of hydrogen-bond donors (Lipinski definition) is 1. The van der Waals surface area contributed by atoms with E-state index in [-0.39, 0.29) is 18.9 Å². The van der Waals surface area contributed by atoms with Crippen LogP contribution in [0.15, 0.2) is 18.2 Å². The number of hydrogen-bond acceptors (Lipinski definition) is 2. The second-order valence-electron chi connectivity index (χ2n) is 5.30. The summed E-state index contributed by atoms with van der Waals surface area (Å²) >= 11 is 0. The van der Waals surface area contributed by atoms with Gasteiger partial charge < -0.3 is 10.1 Å². The molecular formula is C14H18F3NO. The monoisotopic (exact) mass is 273 g/mol. The fraction of sp³-hybridized carbons (Fsp3) is 0.571. The minimum atomic E-state index is -1.53. The average molecular weight is 273 g/mol. The number of nitrogens with one attached hydrogen (secondary N) is 1. The highest BCUT2D eigenvalue weighted by molar-refractivity contribution is 5.19. The van der Waals surface area contributed by atoms with Crippen molar-refractivity contribution in [2.45, 2.75) is 31.5 Å². The quantitative estimate of drug-likeness (QED) is 0.910. The lowest BCUT2D eigenvalue weighted by molar-refractivity contribution is 0.0483. The van der Waals surface area contributed by atoms with Crippen LogP contribution in [0.3, 0.4) is 0 Å². The van der Waals surface area contributed by atoms with Crippen LogP contribution in [0.25, 0.3) is 0 Å². The van der Waals surface area contributed by atoms with Gasteiger partial charge in [0.25, 0.3) is 0 Å². The molecule has 5 heteroatoms. The van der Waals surface area contributed by atoms with Gasteiger partial charge in [-0.25, -0.2) is 13.2 Å². The normalized spacial score (nSPS) is 23.1. The van der Waals surface area contributed by atoms with Gasteiger partial charge in [0.2, 0.25) is 0 Å². The fourth-order valence-electron chi connectivity index (χ4n) is 2.48. The summed E-state index contributed by atoms with van der Waals surface area (Å²) in [5.74, 6) is -1.35. The number of rotatable bonds is 4. The molecule has 1 N–H and O–H groups in total. The SMILES string of the molecule is CC(F)(Cc1cc(F)cc(F)c1)CC1COCCN1. The number of morpholine rings is 1. The van der Waals surface area contributed by atoms with Gasteiger partial charge in [-0.3, -0.25) is 0 Å². The zero-order valence-corrected chi connectivity index (χ0v) is 10.9. The summed E-state index contributed by atoms with van der Waals surface area (Å²) in [6.45, 7) is 3.26. The van der Waals surface area contributed by atoms with E-state index >= 15 is 0 Å². The Morgan fingerprint density at radius 1 is 1.32 bits per heavy atom. The summed E-state index contributed by atoms with van der Waals surface area (Å²) in [4.78, 5) is 0. The lowest BCUT2D eigenvalue weighted by atomic mass is 9.91. The van der Waals surface area contributed by atoms with E-state index in [1.54, 1.807) is 0 Å². The molecule has 1 saturated heterocycles. The molecule has 0 saturated carbocycles. The van der Waals surface area contributed by atoms with Gasteiger partial charge in [-0.15, -0.1) is 0 Å².